The molecule has 0 aliphatic carbocycles. The van der Waals surface area contributed by atoms with Crippen LogP contribution in [0.25, 0.3) is 0 Å². The van der Waals surface area contributed by atoms with Crippen LogP contribution in [0.3, 0.4) is 0 Å². The van der Waals surface area contributed by atoms with Crippen molar-refractivity contribution in [2.24, 2.45) is 0 Å². The number of hydrogen-bond acceptors (Lipinski definition) is 3. The Kier molecular flexibility index (Phi) is 4.53. The smallest absolute Gasteiger partial charge is 0.118 e. The molecule has 0 radical (unpaired) electrons. The zero-order valence-electron chi connectivity index (χ0n) is 13.1. The maximum atomic E-state index is 11.1. The standard InChI is InChI=1S/C18H23NO2/c1-5-18(20,15-8-12-17(21-4)13-9-15)14-6-10-16(11-7-14)19(2)3/h6-13,20H,5H2,1-4H3. The summed E-state index contributed by atoms with van der Waals surface area (Å²) in [5.74, 6) is 0.792. The van der Waals surface area contributed by atoms with E-state index in [4.69, 9.17) is 4.74 Å². The summed E-state index contributed by atoms with van der Waals surface area (Å²) in [7, 11) is 5.65. The first-order valence-corrected chi connectivity index (χ1v) is 7.16. The molecule has 3 heteroatoms. The largest absolute Gasteiger partial charge is 0.497 e. The summed E-state index contributed by atoms with van der Waals surface area (Å²) in [6, 6.07) is 15.6. The van der Waals surface area contributed by atoms with Crippen LogP contribution in [0.2, 0.25) is 0 Å². The van der Waals surface area contributed by atoms with Crippen LogP contribution >= 0.6 is 0 Å². The molecule has 0 heterocycles. The maximum absolute atomic E-state index is 11.1. The van der Waals surface area contributed by atoms with E-state index < -0.39 is 5.60 Å². The van der Waals surface area contributed by atoms with E-state index >= 15 is 0 Å². The Morgan fingerprint density at radius 3 is 1.81 bits per heavy atom. The second-order valence-corrected chi connectivity index (χ2v) is 5.38. The fourth-order valence-electron chi connectivity index (χ4n) is 2.48. The fourth-order valence-corrected chi connectivity index (χ4v) is 2.48. The molecule has 112 valence electrons. The van der Waals surface area contributed by atoms with Gasteiger partial charge in [-0.15, -0.1) is 0 Å². The highest BCUT2D eigenvalue weighted by atomic mass is 16.5. The molecular weight excluding hydrogens is 262 g/mol. The van der Waals surface area contributed by atoms with Gasteiger partial charge in [-0.05, 0) is 41.8 Å². The van der Waals surface area contributed by atoms with Gasteiger partial charge in [0.15, 0.2) is 0 Å². The van der Waals surface area contributed by atoms with Crippen molar-refractivity contribution in [2.75, 3.05) is 26.1 Å². The SMILES string of the molecule is CCC(O)(c1ccc(OC)cc1)c1ccc(N(C)C)cc1. The average Bonchev–Trinajstić information content (AvgIpc) is 2.54. The first-order valence-electron chi connectivity index (χ1n) is 7.16. The predicted molar refractivity (Wildman–Crippen MR) is 87.1 cm³/mol. The van der Waals surface area contributed by atoms with Crippen LogP contribution in [0.15, 0.2) is 48.5 Å². The third-order valence-electron chi connectivity index (χ3n) is 3.94. The molecule has 3 nitrogen and oxygen atoms in total. The van der Waals surface area contributed by atoms with Gasteiger partial charge in [-0.1, -0.05) is 31.2 Å². The third kappa shape index (κ3) is 3.03. The molecule has 0 spiro atoms. The zero-order valence-corrected chi connectivity index (χ0v) is 13.1. The first kappa shape index (κ1) is 15.4. The van der Waals surface area contributed by atoms with Gasteiger partial charge in [-0.25, -0.2) is 0 Å². The van der Waals surface area contributed by atoms with Crippen LogP contribution in [0, 0.1) is 0 Å². The summed E-state index contributed by atoms with van der Waals surface area (Å²) >= 11 is 0. The molecule has 0 saturated heterocycles. The van der Waals surface area contributed by atoms with E-state index in [1.807, 2.05) is 74.4 Å². The Bertz CT molecular complexity index is 575. The summed E-state index contributed by atoms with van der Waals surface area (Å²) in [6.07, 6.45) is 0.612. The van der Waals surface area contributed by atoms with Crippen LogP contribution in [-0.4, -0.2) is 26.3 Å². The lowest BCUT2D eigenvalue weighted by atomic mass is 9.84. The molecule has 2 aromatic carbocycles. The van der Waals surface area contributed by atoms with Crippen LogP contribution in [-0.2, 0) is 5.60 Å². The number of anilines is 1. The van der Waals surface area contributed by atoms with Crippen molar-refractivity contribution in [3.8, 4) is 5.75 Å². The van der Waals surface area contributed by atoms with E-state index in [-0.39, 0.29) is 0 Å². The molecule has 2 aromatic rings. The maximum Gasteiger partial charge on any atom is 0.118 e. The lowest BCUT2D eigenvalue weighted by molar-refractivity contribution is 0.0765. The number of nitrogens with zero attached hydrogens (tertiary/aromatic N) is 1. The molecule has 21 heavy (non-hydrogen) atoms. The van der Waals surface area contributed by atoms with Crippen molar-refractivity contribution in [1.29, 1.82) is 0 Å². The summed E-state index contributed by atoms with van der Waals surface area (Å²) in [4.78, 5) is 2.04. The average molecular weight is 285 g/mol. The van der Waals surface area contributed by atoms with Gasteiger partial charge < -0.3 is 14.7 Å². The van der Waals surface area contributed by atoms with E-state index in [0.717, 1.165) is 22.6 Å². The Hall–Kier alpha value is -2.00. The molecule has 0 aromatic heterocycles. The van der Waals surface area contributed by atoms with E-state index in [1.54, 1.807) is 7.11 Å². The minimum absolute atomic E-state index is 0.612. The van der Waals surface area contributed by atoms with E-state index in [9.17, 15) is 5.11 Å². The van der Waals surface area contributed by atoms with Gasteiger partial charge in [-0.3, -0.25) is 0 Å². The Balaban J connectivity index is 2.39. The highest BCUT2D eigenvalue weighted by molar-refractivity contribution is 5.49. The molecule has 0 amide bonds. The Labute approximate surface area is 126 Å². The monoisotopic (exact) mass is 285 g/mol. The van der Waals surface area contributed by atoms with Crippen LogP contribution in [0.4, 0.5) is 5.69 Å². The van der Waals surface area contributed by atoms with Gasteiger partial charge in [0.2, 0.25) is 0 Å². The number of methoxy groups -OCH3 is 1. The van der Waals surface area contributed by atoms with Gasteiger partial charge in [0.1, 0.15) is 11.4 Å². The van der Waals surface area contributed by atoms with E-state index in [0.29, 0.717) is 6.42 Å². The van der Waals surface area contributed by atoms with Crippen LogP contribution in [0.5, 0.6) is 5.75 Å². The number of benzene rings is 2. The second-order valence-electron chi connectivity index (χ2n) is 5.38. The topological polar surface area (TPSA) is 32.7 Å². The zero-order chi connectivity index (χ0) is 15.5. The summed E-state index contributed by atoms with van der Waals surface area (Å²) in [6.45, 7) is 1.99. The highest BCUT2D eigenvalue weighted by Gasteiger charge is 2.29. The molecule has 0 aliphatic heterocycles. The van der Waals surface area contributed by atoms with Crippen LogP contribution in [0.1, 0.15) is 24.5 Å². The quantitative estimate of drug-likeness (QED) is 0.914. The number of hydrogen-bond donors (Lipinski definition) is 1. The number of rotatable bonds is 5. The van der Waals surface area contributed by atoms with Gasteiger partial charge in [0.25, 0.3) is 0 Å². The molecular formula is C18H23NO2. The van der Waals surface area contributed by atoms with E-state index in [1.165, 1.54) is 0 Å². The summed E-state index contributed by atoms with van der Waals surface area (Å²) < 4.78 is 5.18. The number of ether oxygens (including phenoxy) is 1. The minimum Gasteiger partial charge on any atom is -0.497 e. The van der Waals surface area contributed by atoms with Gasteiger partial charge in [-0.2, -0.15) is 0 Å². The van der Waals surface area contributed by atoms with Gasteiger partial charge >= 0.3 is 0 Å². The highest BCUT2D eigenvalue weighted by Crippen LogP contribution is 2.34. The van der Waals surface area contributed by atoms with Gasteiger partial charge in [0, 0.05) is 19.8 Å². The molecule has 1 N–H and O–H groups in total. The van der Waals surface area contributed by atoms with Crippen molar-refractivity contribution in [3.05, 3.63) is 59.7 Å². The third-order valence-corrected chi connectivity index (χ3v) is 3.94. The summed E-state index contributed by atoms with van der Waals surface area (Å²) in [5, 5.41) is 11.1. The van der Waals surface area contributed by atoms with Crippen molar-refractivity contribution in [3.63, 3.8) is 0 Å². The molecule has 0 saturated carbocycles. The Morgan fingerprint density at radius 2 is 1.43 bits per heavy atom. The molecule has 0 fully saturated rings. The molecule has 0 aliphatic rings. The molecule has 1 unspecified atom stereocenters. The molecule has 0 bridgehead atoms. The number of aliphatic hydroxyl groups is 1. The van der Waals surface area contributed by atoms with Crippen molar-refractivity contribution < 1.29 is 9.84 Å². The Morgan fingerprint density at radius 1 is 0.952 bits per heavy atom. The van der Waals surface area contributed by atoms with E-state index in [2.05, 4.69) is 0 Å². The normalized spacial score (nSPS) is 13.6. The summed E-state index contributed by atoms with van der Waals surface area (Å²) in [5.41, 5.74) is 1.92. The van der Waals surface area contributed by atoms with Crippen molar-refractivity contribution >= 4 is 5.69 Å². The lowest BCUT2D eigenvalue weighted by Gasteiger charge is -2.28. The predicted octanol–water partition coefficient (Wildman–Crippen LogP) is 3.41. The molecule has 2 rings (SSSR count). The second kappa shape index (κ2) is 6.19. The van der Waals surface area contributed by atoms with Crippen LogP contribution < -0.4 is 9.64 Å². The minimum atomic E-state index is -0.975. The fraction of sp³-hybridized carbons (Fsp3) is 0.333. The molecule has 1 atom stereocenters. The van der Waals surface area contributed by atoms with Crippen molar-refractivity contribution in [2.45, 2.75) is 18.9 Å². The van der Waals surface area contributed by atoms with Gasteiger partial charge in [0.05, 0.1) is 7.11 Å². The first-order chi connectivity index (χ1) is 10.0. The van der Waals surface area contributed by atoms with Crippen molar-refractivity contribution in [1.82, 2.24) is 0 Å². The lowest BCUT2D eigenvalue weighted by Crippen LogP contribution is -2.26.